The van der Waals surface area contributed by atoms with E-state index in [2.05, 4.69) is 54.1 Å². The van der Waals surface area contributed by atoms with Gasteiger partial charge in [-0.1, -0.05) is 44.2 Å². The number of hydrogen-bond acceptors (Lipinski definition) is 6. The van der Waals surface area contributed by atoms with E-state index < -0.39 is 5.97 Å². The molecule has 0 atom stereocenters. The fourth-order valence-corrected chi connectivity index (χ4v) is 6.55. The third kappa shape index (κ3) is 7.19. The molecule has 0 spiro atoms. The predicted octanol–water partition coefficient (Wildman–Crippen LogP) is 6.82. The van der Waals surface area contributed by atoms with Gasteiger partial charge in [-0.05, 0) is 97.1 Å². The minimum absolute atomic E-state index is 0.109. The lowest BCUT2D eigenvalue weighted by Gasteiger charge is -2.26. The van der Waals surface area contributed by atoms with Gasteiger partial charge >= 0.3 is 5.97 Å². The number of carboxylic acid groups (broad SMARTS) is 1. The van der Waals surface area contributed by atoms with Gasteiger partial charge in [-0.25, -0.2) is 9.78 Å². The summed E-state index contributed by atoms with van der Waals surface area (Å²) in [6.45, 7) is 7.76. The second-order valence-corrected chi connectivity index (χ2v) is 11.7. The Kier molecular flexibility index (Phi) is 10.2. The molecule has 3 N–H and O–H groups in total. The van der Waals surface area contributed by atoms with Crippen molar-refractivity contribution in [3.05, 3.63) is 87.5 Å². The maximum atomic E-state index is 11.8. The van der Waals surface area contributed by atoms with Crippen LogP contribution in [0.4, 0.5) is 5.69 Å². The Morgan fingerprint density at radius 2 is 1.40 bits per heavy atom. The summed E-state index contributed by atoms with van der Waals surface area (Å²) < 4.78 is 10.9. The number of carbonyl (C=O) groups is 1. The van der Waals surface area contributed by atoms with Crippen molar-refractivity contribution >= 4 is 11.7 Å². The van der Waals surface area contributed by atoms with E-state index in [9.17, 15) is 9.90 Å². The molecule has 7 nitrogen and oxygen atoms in total. The van der Waals surface area contributed by atoms with Gasteiger partial charge in [0.05, 0.1) is 11.4 Å². The summed E-state index contributed by atoms with van der Waals surface area (Å²) in [5.41, 5.74) is 15.1. The molecule has 1 saturated carbocycles. The van der Waals surface area contributed by atoms with Crippen LogP contribution in [0, 0.1) is 0 Å². The maximum absolute atomic E-state index is 11.8. The molecule has 1 aliphatic carbocycles. The molecule has 6 rings (SSSR count). The van der Waals surface area contributed by atoms with Gasteiger partial charge < -0.3 is 20.3 Å². The number of anilines is 1. The number of nitrogen functional groups attached to an aromatic ring is 1. The van der Waals surface area contributed by atoms with Gasteiger partial charge in [0.1, 0.15) is 0 Å². The van der Waals surface area contributed by atoms with Crippen LogP contribution in [0.15, 0.2) is 42.6 Å². The van der Waals surface area contributed by atoms with Crippen molar-refractivity contribution in [1.82, 2.24) is 9.97 Å². The van der Waals surface area contributed by atoms with Gasteiger partial charge in [0.15, 0.2) is 5.69 Å². The van der Waals surface area contributed by atoms with Gasteiger partial charge in [-0.2, -0.15) is 0 Å². The van der Waals surface area contributed by atoms with Crippen molar-refractivity contribution in [2.24, 2.45) is 0 Å². The third-order valence-electron chi connectivity index (χ3n) is 9.01. The number of nitrogens with two attached hydrogens (primary N) is 1. The van der Waals surface area contributed by atoms with Gasteiger partial charge in [-0.3, -0.25) is 4.98 Å². The zero-order valence-corrected chi connectivity index (χ0v) is 25.1. The highest BCUT2D eigenvalue weighted by atomic mass is 16.5. The second kappa shape index (κ2) is 14.3. The highest BCUT2D eigenvalue weighted by Gasteiger charge is 2.28. The van der Waals surface area contributed by atoms with E-state index in [4.69, 9.17) is 15.2 Å². The summed E-state index contributed by atoms with van der Waals surface area (Å²) in [6.07, 6.45) is 10.8. The number of aromatic nitrogens is 2. The van der Waals surface area contributed by atoms with Gasteiger partial charge in [-0.15, -0.1) is 0 Å². The quantitative estimate of drug-likeness (QED) is 0.286. The molecule has 2 aromatic carbocycles. The van der Waals surface area contributed by atoms with Crippen molar-refractivity contribution in [3.63, 3.8) is 0 Å². The first-order valence-electron chi connectivity index (χ1n) is 15.7. The first-order chi connectivity index (χ1) is 20.5. The molecule has 0 unspecified atom stereocenters. The molecular weight excluding hydrogens is 526 g/mol. The lowest BCUT2D eigenvalue weighted by Crippen LogP contribution is -2.16. The predicted molar refractivity (Wildman–Crippen MR) is 165 cm³/mol. The molecule has 0 bridgehead atoms. The molecule has 224 valence electrons. The summed E-state index contributed by atoms with van der Waals surface area (Å²) in [4.78, 5) is 20.7. The minimum Gasteiger partial charge on any atom is -0.476 e. The minimum atomic E-state index is -0.987. The summed E-state index contributed by atoms with van der Waals surface area (Å²) in [5.74, 6) is 0.583. The molecule has 3 aliphatic rings. The normalized spacial score (nSPS) is 17.9. The van der Waals surface area contributed by atoms with Crippen LogP contribution in [0.1, 0.15) is 120 Å². The van der Waals surface area contributed by atoms with Crippen LogP contribution in [0.2, 0.25) is 0 Å². The molecule has 0 radical (unpaired) electrons. The fourth-order valence-electron chi connectivity index (χ4n) is 6.55. The van der Waals surface area contributed by atoms with E-state index >= 15 is 0 Å². The Bertz CT molecular complexity index is 1360. The summed E-state index contributed by atoms with van der Waals surface area (Å²) in [6, 6.07) is 12.7. The summed E-state index contributed by atoms with van der Waals surface area (Å²) in [5, 5.41) is 9.64. The SMILES string of the molecule is CCc1c(Cc2ncc(C3CC3)nc2C(=O)O)cccc1C1CCOCC1.CCc1c(N)cccc1C1CCOCC1. The molecular formula is C35H45N3O4. The van der Waals surface area contributed by atoms with E-state index in [1.165, 1.54) is 22.3 Å². The van der Waals surface area contributed by atoms with Crippen molar-refractivity contribution in [3.8, 4) is 0 Å². The Balaban J connectivity index is 0.000000199. The molecule has 3 heterocycles. The van der Waals surface area contributed by atoms with Crippen molar-refractivity contribution in [1.29, 1.82) is 0 Å². The smallest absolute Gasteiger partial charge is 0.356 e. The van der Waals surface area contributed by atoms with Crippen LogP contribution in [0.5, 0.6) is 0 Å². The Morgan fingerprint density at radius 1 is 0.833 bits per heavy atom. The number of carboxylic acids is 1. The van der Waals surface area contributed by atoms with E-state index in [0.29, 0.717) is 29.9 Å². The number of ether oxygens (including phenoxy) is 2. The molecule has 1 aromatic heterocycles. The van der Waals surface area contributed by atoms with Gasteiger partial charge in [0.2, 0.25) is 0 Å². The monoisotopic (exact) mass is 571 g/mol. The number of aromatic carboxylic acids is 1. The first-order valence-corrected chi connectivity index (χ1v) is 15.7. The van der Waals surface area contributed by atoms with Crippen LogP contribution < -0.4 is 5.73 Å². The lowest BCUT2D eigenvalue weighted by molar-refractivity contribution is 0.0688. The zero-order valence-electron chi connectivity index (χ0n) is 25.1. The molecule has 42 heavy (non-hydrogen) atoms. The number of rotatable bonds is 8. The number of benzene rings is 2. The van der Waals surface area contributed by atoms with Gasteiger partial charge in [0.25, 0.3) is 0 Å². The Morgan fingerprint density at radius 3 is 1.95 bits per heavy atom. The number of nitrogens with zero attached hydrogens (tertiary/aromatic N) is 2. The van der Waals surface area contributed by atoms with Gasteiger partial charge in [0, 0.05) is 50.7 Å². The largest absolute Gasteiger partial charge is 0.476 e. The lowest BCUT2D eigenvalue weighted by atomic mass is 9.84. The van der Waals surface area contributed by atoms with Crippen LogP contribution in [0.25, 0.3) is 0 Å². The van der Waals surface area contributed by atoms with E-state index in [1.807, 2.05) is 6.07 Å². The standard InChI is InChI=1S/C22H26N2O3.C13H19NO/c1-2-17-16(4-3-5-18(17)14-8-10-27-11-9-14)12-19-21(22(25)26)24-20(13-23-19)15-6-7-15;1-2-11-12(4-3-5-13(11)14)10-6-8-15-9-7-10/h3-5,13-15H,2,6-12H2,1H3,(H,25,26);3-5,10H,2,6-9,14H2,1H3. The molecule has 0 amide bonds. The highest BCUT2D eigenvalue weighted by Crippen LogP contribution is 2.39. The third-order valence-corrected chi connectivity index (χ3v) is 9.01. The molecule has 2 saturated heterocycles. The van der Waals surface area contributed by atoms with E-state index in [1.54, 1.807) is 6.20 Å². The van der Waals surface area contributed by atoms with Crippen molar-refractivity contribution in [2.45, 2.75) is 89.4 Å². The van der Waals surface area contributed by atoms with Crippen LogP contribution >= 0.6 is 0 Å². The fraction of sp³-hybridized carbons (Fsp3) is 0.514. The zero-order chi connectivity index (χ0) is 29.5. The molecule has 3 aromatic rings. The average molecular weight is 572 g/mol. The van der Waals surface area contributed by atoms with Crippen molar-refractivity contribution < 1.29 is 19.4 Å². The molecule has 7 heteroatoms. The molecule has 2 aliphatic heterocycles. The Hall–Kier alpha value is -3.29. The van der Waals surface area contributed by atoms with E-state index in [-0.39, 0.29) is 5.69 Å². The first kappa shape index (κ1) is 30.2. The van der Waals surface area contributed by atoms with Crippen LogP contribution in [0.3, 0.4) is 0 Å². The second-order valence-electron chi connectivity index (χ2n) is 11.7. The maximum Gasteiger partial charge on any atom is 0.356 e. The highest BCUT2D eigenvalue weighted by molar-refractivity contribution is 5.86. The Labute approximate surface area is 249 Å². The summed E-state index contributed by atoms with van der Waals surface area (Å²) >= 11 is 0. The van der Waals surface area contributed by atoms with Crippen molar-refractivity contribution in [2.75, 3.05) is 32.2 Å². The molecule has 3 fully saturated rings. The average Bonchev–Trinajstić information content (AvgIpc) is 3.88. The summed E-state index contributed by atoms with van der Waals surface area (Å²) in [7, 11) is 0. The van der Waals surface area contributed by atoms with E-state index in [0.717, 1.165) is 94.7 Å². The van der Waals surface area contributed by atoms with Crippen LogP contribution in [-0.4, -0.2) is 47.5 Å². The van der Waals surface area contributed by atoms with Crippen LogP contribution in [-0.2, 0) is 28.7 Å². The number of hydrogen-bond donors (Lipinski definition) is 2. The topological polar surface area (TPSA) is 108 Å².